The van der Waals surface area contributed by atoms with Crippen LogP contribution in [0.15, 0.2) is 23.2 Å². The first-order valence-electron chi connectivity index (χ1n) is 9.29. The second-order valence-corrected chi connectivity index (χ2v) is 9.11. The SMILES string of the molecule is CN=C(NCc1ccc(C)cc1OCCCOC)NCC1CCS(=O)(=O)C1. The van der Waals surface area contributed by atoms with E-state index in [2.05, 4.69) is 21.7 Å². The minimum absolute atomic E-state index is 0.146. The number of sulfone groups is 1. The maximum Gasteiger partial charge on any atom is 0.191 e. The van der Waals surface area contributed by atoms with Gasteiger partial charge in [-0.15, -0.1) is 0 Å². The van der Waals surface area contributed by atoms with Gasteiger partial charge in [0.05, 0.1) is 18.1 Å². The van der Waals surface area contributed by atoms with Crippen molar-refractivity contribution in [3.63, 3.8) is 0 Å². The number of nitrogens with one attached hydrogen (secondary N) is 2. The molecule has 27 heavy (non-hydrogen) atoms. The second-order valence-electron chi connectivity index (χ2n) is 6.88. The van der Waals surface area contributed by atoms with E-state index >= 15 is 0 Å². The van der Waals surface area contributed by atoms with E-state index < -0.39 is 9.84 Å². The molecule has 7 nitrogen and oxygen atoms in total. The van der Waals surface area contributed by atoms with Gasteiger partial charge in [-0.1, -0.05) is 12.1 Å². The van der Waals surface area contributed by atoms with Crippen molar-refractivity contribution in [2.45, 2.75) is 26.3 Å². The van der Waals surface area contributed by atoms with Crippen LogP contribution in [-0.2, 0) is 21.1 Å². The van der Waals surface area contributed by atoms with E-state index in [-0.39, 0.29) is 11.7 Å². The van der Waals surface area contributed by atoms with Crippen molar-refractivity contribution in [2.75, 3.05) is 45.4 Å². The summed E-state index contributed by atoms with van der Waals surface area (Å²) in [6.45, 7) is 4.49. The molecule has 0 aromatic heterocycles. The van der Waals surface area contributed by atoms with Crippen LogP contribution in [0.3, 0.4) is 0 Å². The van der Waals surface area contributed by atoms with Crippen LogP contribution in [0.25, 0.3) is 0 Å². The second kappa shape index (κ2) is 10.5. The molecule has 0 aliphatic carbocycles. The Morgan fingerprint density at radius 2 is 2.11 bits per heavy atom. The van der Waals surface area contributed by atoms with Gasteiger partial charge >= 0.3 is 0 Å². The Labute approximate surface area is 162 Å². The van der Waals surface area contributed by atoms with Crippen molar-refractivity contribution >= 4 is 15.8 Å². The number of aliphatic imine (C=N–C) groups is 1. The van der Waals surface area contributed by atoms with Gasteiger partial charge in [0, 0.05) is 45.8 Å². The number of guanidine groups is 1. The number of benzene rings is 1. The van der Waals surface area contributed by atoms with Gasteiger partial charge in [0.25, 0.3) is 0 Å². The molecule has 1 aliphatic rings. The summed E-state index contributed by atoms with van der Waals surface area (Å²) in [7, 11) is 0.535. The van der Waals surface area contributed by atoms with Gasteiger partial charge in [-0.2, -0.15) is 0 Å². The minimum Gasteiger partial charge on any atom is -0.493 e. The fraction of sp³-hybridized carbons (Fsp3) is 0.632. The summed E-state index contributed by atoms with van der Waals surface area (Å²) in [6.07, 6.45) is 1.55. The average molecular weight is 398 g/mol. The first-order valence-corrected chi connectivity index (χ1v) is 11.1. The Morgan fingerprint density at radius 3 is 2.78 bits per heavy atom. The standard InChI is InChI=1S/C19H31N3O4S/c1-15-5-6-17(18(11-15)26-9-4-8-25-3)13-22-19(20-2)21-12-16-7-10-27(23,24)14-16/h5-6,11,16H,4,7-10,12-14H2,1-3H3,(H2,20,21,22). The summed E-state index contributed by atoms with van der Waals surface area (Å²) in [6, 6.07) is 6.13. The topological polar surface area (TPSA) is 89.0 Å². The lowest BCUT2D eigenvalue weighted by Crippen LogP contribution is -2.39. The zero-order valence-electron chi connectivity index (χ0n) is 16.5. The quantitative estimate of drug-likeness (QED) is 0.373. The van der Waals surface area contributed by atoms with E-state index in [9.17, 15) is 8.42 Å². The molecule has 1 atom stereocenters. The largest absolute Gasteiger partial charge is 0.493 e. The Kier molecular flexibility index (Phi) is 8.37. The first kappa shape index (κ1) is 21.5. The lowest BCUT2D eigenvalue weighted by Gasteiger charge is -2.17. The molecule has 1 aliphatic heterocycles. The van der Waals surface area contributed by atoms with E-state index in [0.717, 1.165) is 23.3 Å². The van der Waals surface area contributed by atoms with E-state index in [1.165, 1.54) is 0 Å². The summed E-state index contributed by atoms with van der Waals surface area (Å²) in [5, 5.41) is 6.50. The van der Waals surface area contributed by atoms with Crippen LogP contribution in [0.4, 0.5) is 0 Å². The van der Waals surface area contributed by atoms with Gasteiger partial charge < -0.3 is 20.1 Å². The Bertz CT molecular complexity index is 734. The van der Waals surface area contributed by atoms with E-state index in [1.54, 1.807) is 14.2 Å². The molecule has 1 saturated heterocycles. The highest BCUT2D eigenvalue weighted by Crippen LogP contribution is 2.21. The average Bonchev–Trinajstić information content (AvgIpc) is 2.99. The van der Waals surface area contributed by atoms with Gasteiger partial charge in [0.1, 0.15) is 5.75 Å². The molecule has 0 amide bonds. The highest BCUT2D eigenvalue weighted by molar-refractivity contribution is 7.91. The Morgan fingerprint density at radius 1 is 1.30 bits per heavy atom. The fourth-order valence-electron chi connectivity index (χ4n) is 3.00. The van der Waals surface area contributed by atoms with Gasteiger partial charge in [-0.25, -0.2) is 8.42 Å². The zero-order valence-corrected chi connectivity index (χ0v) is 17.3. The molecular weight excluding hydrogens is 366 g/mol. The van der Waals surface area contributed by atoms with Crippen LogP contribution in [0, 0.1) is 12.8 Å². The molecule has 0 saturated carbocycles. The summed E-state index contributed by atoms with van der Waals surface area (Å²) < 4.78 is 34.1. The minimum atomic E-state index is -2.85. The lowest BCUT2D eigenvalue weighted by molar-refractivity contribution is 0.171. The van der Waals surface area contributed by atoms with Gasteiger partial charge in [0.15, 0.2) is 15.8 Å². The molecule has 152 valence electrons. The summed E-state index contributed by atoms with van der Waals surface area (Å²) >= 11 is 0. The predicted molar refractivity (Wildman–Crippen MR) is 108 cm³/mol. The molecule has 1 aromatic carbocycles. The Hall–Kier alpha value is -1.80. The molecule has 0 radical (unpaired) electrons. The number of rotatable bonds is 9. The third-order valence-electron chi connectivity index (χ3n) is 4.53. The predicted octanol–water partition coefficient (Wildman–Crippen LogP) is 1.51. The maximum absolute atomic E-state index is 11.6. The molecule has 2 N–H and O–H groups in total. The van der Waals surface area contributed by atoms with Crippen molar-refractivity contribution in [3.05, 3.63) is 29.3 Å². The number of nitrogens with zero attached hydrogens (tertiary/aromatic N) is 1. The number of hydrogen-bond acceptors (Lipinski definition) is 5. The van der Waals surface area contributed by atoms with Gasteiger partial charge in [0.2, 0.25) is 0 Å². The van der Waals surface area contributed by atoms with Crippen LogP contribution < -0.4 is 15.4 Å². The number of hydrogen-bond donors (Lipinski definition) is 2. The third-order valence-corrected chi connectivity index (χ3v) is 6.36. The van der Waals surface area contributed by atoms with Crippen LogP contribution in [0.1, 0.15) is 24.0 Å². The van der Waals surface area contributed by atoms with E-state index in [0.29, 0.717) is 44.4 Å². The van der Waals surface area contributed by atoms with Crippen LogP contribution in [0.2, 0.25) is 0 Å². The lowest BCUT2D eigenvalue weighted by atomic mass is 10.1. The normalized spacial score (nSPS) is 19.1. The Balaban J connectivity index is 1.86. The molecule has 0 spiro atoms. The molecule has 2 rings (SSSR count). The molecule has 1 heterocycles. The van der Waals surface area contributed by atoms with Crippen molar-refractivity contribution < 1.29 is 17.9 Å². The molecule has 8 heteroatoms. The molecule has 1 aromatic rings. The first-order chi connectivity index (χ1) is 12.9. The van der Waals surface area contributed by atoms with Crippen molar-refractivity contribution in [1.29, 1.82) is 0 Å². The third kappa shape index (κ3) is 7.38. The highest BCUT2D eigenvalue weighted by Gasteiger charge is 2.27. The zero-order chi connectivity index (χ0) is 19.7. The smallest absolute Gasteiger partial charge is 0.191 e. The number of ether oxygens (including phenoxy) is 2. The molecule has 1 fully saturated rings. The van der Waals surface area contributed by atoms with E-state index in [4.69, 9.17) is 9.47 Å². The molecular formula is C19H31N3O4S. The molecule has 1 unspecified atom stereocenters. The van der Waals surface area contributed by atoms with Crippen LogP contribution in [0.5, 0.6) is 5.75 Å². The van der Waals surface area contributed by atoms with Crippen molar-refractivity contribution in [2.24, 2.45) is 10.9 Å². The molecule has 0 bridgehead atoms. The van der Waals surface area contributed by atoms with Gasteiger partial charge in [-0.05, 0) is 30.9 Å². The monoisotopic (exact) mass is 397 g/mol. The number of methoxy groups -OCH3 is 1. The van der Waals surface area contributed by atoms with Crippen LogP contribution in [-0.4, -0.2) is 59.8 Å². The van der Waals surface area contributed by atoms with Crippen molar-refractivity contribution in [3.8, 4) is 5.75 Å². The summed E-state index contributed by atoms with van der Waals surface area (Å²) in [5.74, 6) is 2.21. The maximum atomic E-state index is 11.6. The summed E-state index contributed by atoms with van der Waals surface area (Å²) in [5.41, 5.74) is 2.19. The fourth-order valence-corrected chi connectivity index (χ4v) is 4.86. The van der Waals surface area contributed by atoms with E-state index in [1.807, 2.05) is 19.1 Å². The van der Waals surface area contributed by atoms with Crippen molar-refractivity contribution in [1.82, 2.24) is 10.6 Å². The number of aryl methyl sites for hydroxylation is 1. The highest BCUT2D eigenvalue weighted by atomic mass is 32.2. The van der Waals surface area contributed by atoms with Crippen LogP contribution >= 0.6 is 0 Å². The summed E-state index contributed by atoms with van der Waals surface area (Å²) in [4.78, 5) is 4.22. The van der Waals surface area contributed by atoms with Gasteiger partial charge in [-0.3, -0.25) is 4.99 Å².